The van der Waals surface area contributed by atoms with Crippen molar-refractivity contribution in [1.29, 1.82) is 0 Å². The number of hydrogen-bond acceptors (Lipinski definition) is 6. The van der Waals surface area contributed by atoms with Crippen LogP contribution in [0.2, 0.25) is 0 Å². The first-order valence-electron chi connectivity index (χ1n) is 11.1. The maximum Gasteiger partial charge on any atom is 0.338 e. The first-order chi connectivity index (χ1) is 16.5. The molecule has 3 N–H and O–H groups in total. The van der Waals surface area contributed by atoms with Gasteiger partial charge in [0, 0.05) is 11.4 Å². The monoisotopic (exact) mass is 478 g/mol. The number of urea groups is 1. The molecule has 0 atom stereocenters. The van der Waals surface area contributed by atoms with Gasteiger partial charge in [-0.15, -0.1) is 11.3 Å². The van der Waals surface area contributed by atoms with Crippen molar-refractivity contribution in [2.45, 2.75) is 38.8 Å². The molecule has 0 radical (unpaired) electrons. The summed E-state index contributed by atoms with van der Waals surface area (Å²) in [6.07, 6.45) is 4.16. The molecular formula is C25H26N4O4S. The van der Waals surface area contributed by atoms with Crippen molar-refractivity contribution < 1.29 is 19.1 Å². The highest BCUT2D eigenvalue weighted by molar-refractivity contribution is 7.15. The molecule has 1 heterocycles. The Morgan fingerprint density at radius 3 is 2.44 bits per heavy atom. The number of carbonyl (C=O) groups excluding carboxylic acids is 3. The number of nitrogens with one attached hydrogen (secondary N) is 1. The number of ether oxygens (including phenoxy) is 1. The molecule has 3 amide bonds. The molecule has 3 aromatic rings. The van der Waals surface area contributed by atoms with Crippen LogP contribution in [-0.2, 0) is 35.5 Å². The van der Waals surface area contributed by atoms with Gasteiger partial charge in [-0.25, -0.2) is 14.6 Å². The quantitative estimate of drug-likeness (QED) is 0.480. The van der Waals surface area contributed by atoms with E-state index in [4.69, 9.17) is 15.5 Å². The number of rotatable bonds is 8. The Hall–Kier alpha value is -3.72. The van der Waals surface area contributed by atoms with Crippen LogP contribution in [0.25, 0.3) is 0 Å². The van der Waals surface area contributed by atoms with Crippen LogP contribution in [-0.4, -0.2) is 29.5 Å². The maximum absolute atomic E-state index is 13.2. The highest BCUT2D eigenvalue weighted by Crippen LogP contribution is 2.32. The Morgan fingerprint density at radius 2 is 1.74 bits per heavy atom. The second kappa shape index (κ2) is 10.9. The number of aryl methyl sites for hydroxylation is 2. The van der Waals surface area contributed by atoms with E-state index in [2.05, 4.69) is 5.32 Å². The van der Waals surface area contributed by atoms with Crippen LogP contribution >= 0.6 is 11.3 Å². The Balaban J connectivity index is 1.43. The summed E-state index contributed by atoms with van der Waals surface area (Å²) in [7, 11) is 0. The zero-order chi connectivity index (χ0) is 23.9. The number of anilines is 1. The van der Waals surface area contributed by atoms with Gasteiger partial charge >= 0.3 is 12.0 Å². The average molecular weight is 479 g/mol. The van der Waals surface area contributed by atoms with E-state index >= 15 is 0 Å². The van der Waals surface area contributed by atoms with E-state index in [-0.39, 0.29) is 19.1 Å². The molecule has 0 spiro atoms. The fraction of sp³-hybridized carbons (Fsp3) is 0.280. The van der Waals surface area contributed by atoms with Gasteiger partial charge in [-0.05, 0) is 48.9 Å². The third-order valence-electron chi connectivity index (χ3n) is 5.53. The van der Waals surface area contributed by atoms with E-state index in [1.165, 1.54) is 4.88 Å². The Labute approximate surface area is 201 Å². The summed E-state index contributed by atoms with van der Waals surface area (Å²) in [5.41, 5.74) is 8.20. The minimum absolute atomic E-state index is 0.259. The molecule has 0 aliphatic heterocycles. The summed E-state index contributed by atoms with van der Waals surface area (Å²) in [5, 5.41) is 3.13. The lowest BCUT2D eigenvalue weighted by Crippen LogP contribution is -2.34. The van der Waals surface area contributed by atoms with Gasteiger partial charge in [0.05, 0.1) is 17.8 Å². The summed E-state index contributed by atoms with van der Waals surface area (Å²) in [6.45, 7) is 0.224. The smallest absolute Gasteiger partial charge is 0.338 e. The van der Waals surface area contributed by atoms with Crippen molar-refractivity contribution in [3.05, 3.63) is 81.9 Å². The number of thiazole rings is 1. The first-order valence-corrected chi connectivity index (χ1v) is 11.9. The Kier molecular flexibility index (Phi) is 7.54. The van der Waals surface area contributed by atoms with Crippen LogP contribution in [0.1, 0.15) is 44.9 Å². The fourth-order valence-corrected chi connectivity index (χ4v) is 4.88. The van der Waals surface area contributed by atoms with E-state index in [0.29, 0.717) is 17.2 Å². The lowest BCUT2D eigenvalue weighted by molar-refractivity contribution is -0.121. The number of nitrogens with two attached hydrogens (primary N) is 1. The molecule has 1 aromatic heterocycles. The molecule has 0 fully saturated rings. The van der Waals surface area contributed by atoms with Crippen LogP contribution in [0, 0.1) is 0 Å². The number of aromatic nitrogens is 1. The number of primary amides is 1. The van der Waals surface area contributed by atoms with Crippen LogP contribution in [0.3, 0.4) is 0 Å². The number of amides is 3. The molecule has 2 aromatic carbocycles. The summed E-state index contributed by atoms with van der Waals surface area (Å²) < 4.78 is 5.33. The molecule has 176 valence electrons. The van der Waals surface area contributed by atoms with Crippen molar-refractivity contribution >= 4 is 34.4 Å². The zero-order valence-electron chi connectivity index (χ0n) is 18.7. The molecule has 4 rings (SSSR count). The fourth-order valence-electron chi connectivity index (χ4n) is 3.72. The lowest BCUT2D eigenvalue weighted by atomic mass is 10.0. The molecule has 9 heteroatoms. The van der Waals surface area contributed by atoms with E-state index in [0.717, 1.165) is 42.5 Å². The molecule has 1 aliphatic carbocycles. The maximum atomic E-state index is 13.2. The summed E-state index contributed by atoms with van der Waals surface area (Å²) in [6, 6.07) is 15.6. The van der Waals surface area contributed by atoms with Gasteiger partial charge in [0.1, 0.15) is 0 Å². The van der Waals surface area contributed by atoms with Gasteiger partial charge in [-0.1, -0.05) is 42.5 Å². The highest BCUT2D eigenvalue weighted by Gasteiger charge is 2.24. The number of carbonyl (C=O) groups is 3. The van der Waals surface area contributed by atoms with Crippen molar-refractivity contribution in [2.75, 3.05) is 11.5 Å². The number of hydrogen-bond donors (Lipinski definition) is 2. The topological polar surface area (TPSA) is 115 Å². The molecule has 0 unspecified atom stereocenters. The molecule has 0 saturated carbocycles. The van der Waals surface area contributed by atoms with Crippen LogP contribution in [0.5, 0.6) is 0 Å². The van der Waals surface area contributed by atoms with Crippen molar-refractivity contribution in [3.8, 4) is 0 Å². The summed E-state index contributed by atoms with van der Waals surface area (Å²) >= 11 is 1.54. The summed E-state index contributed by atoms with van der Waals surface area (Å²) in [5.74, 6) is -0.925. The standard InChI is InChI=1S/C25H26N4O4S/c26-24(32)27-14-17-10-12-19(13-11-17)23(31)33-16-22(30)29(15-18-6-2-1-3-7-18)25-28-20-8-4-5-9-21(20)34-25/h1-3,6-7,10-13H,4-5,8-9,14-16H2,(H3,26,27,32). The largest absolute Gasteiger partial charge is 0.452 e. The van der Waals surface area contributed by atoms with Gasteiger partial charge in [0.25, 0.3) is 5.91 Å². The van der Waals surface area contributed by atoms with E-state index in [1.54, 1.807) is 40.5 Å². The minimum Gasteiger partial charge on any atom is -0.452 e. The zero-order valence-corrected chi connectivity index (χ0v) is 19.5. The second-order valence-corrected chi connectivity index (χ2v) is 9.09. The number of fused-ring (bicyclic) bond motifs is 1. The van der Waals surface area contributed by atoms with Crippen molar-refractivity contribution in [2.24, 2.45) is 5.73 Å². The molecule has 1 aliphatic rings. The highest BCUT2D eigenvalue weighted by atomic mass is 32.1. The van der Waals surface area contributed by atoms with Crippen LogP contribution in [0.15, 0.2) is 54.6 Å². The predicted molar refractivity (Wildman–Crippen MR) is 130 cm³/mol. The van der Waals surface area contributed by atoms with Gasteiger partial charge in [0.15, 0.2) is 11.7 Å². The molecule has 0 bridgehead atoms. The molecule has 8 nitrogen and oxygen atoms in total. The van der Waals surface area contributed by atoms with Crippen LogP contribution < -0.4 is 16.0 Å². The van der Waals surface area contributed by atoms with Gasteiger partial charge in [-0.3, -0.25) is 9.69 Å². The summed E-state index contributed by atoms with van der Waals surface area (Å²) in [4.78, 5) is 44.1. The number of benzene rings is 2. The first kappa shape index (κ1) is 23.4. The SMILES string of the molecule is NC(=O)NCc1ccc(C(=O)OCC(=O)N(Cc2ccccc2)c2nc3c(s2)CCCC3)cc1. The minimum atomic E-state index is -0.622. The van der Waals surface area contributed by atoms with Gasteiger partial charge < -0.3 is 15.8 Å². The van der Waals surface area contributed by atoms with Crippen molar-refractivity contribution in [1.82, 2.24) is 10.3 Å². The van der Waals surface area contributed by atoms with Crippen LogP contribution in [0.4, 0.5) is 9.93 Å². The Morgan fingerprint density at radius 1 is 1.00 bits per heavy atom. The van der Waals surface area contributed by atoms with E-state index in [9.17, 15) is 14.4 Å². The predicted octanol–water partition coefficient (Wildman–Crippen LogP) is 3.58. The second-order valence-electron chi connectivity index (χ2n) is 8.03. The van der Waals surface area contributed by atoms with E-state index in [1.807, 2.05) is 30.3 Å². The molecule has 34 heavy (non-hydrogen) atoms. The lowest BCUT2D eigenvalue weighted by Gasteiger charge is -2.20. The van der Waals surface area contributed by atoms with E-state index < -0.39 is 12.0 Å². The number of nitrogens with zero attached hydrogens (tertiary/aromatic N) is 2. The third-order valence-corrected chi connectivity index (χ3v) is 6.71. The van der Waals surface area contributed by atoms with Gasteiger partial charge in [0.2, 0.25) is 0 Å². The average Bonchev–Trinajstić information content (AvgIpc) is 3.29. The molecule has 0 saturated heterocycles. The number of esters is 1. The van der Waals surface area contributed by atoms with Crippen molar-refractivity contribution in [3.63, 3.8) is 0 Å². The molecular weight excluding hydrogens is 452 g/mol. The Bertz CT molecular complexity index is 1140. The van der Waals surface area contributed by atoms with Gasteiger partial charge in [-0.2, -0.15) is 0 Å². The third kappa shape index (κ3) is 5.99. The normalized spacial score (nSPS) is 12.5.